The van der Waals surface area contributed by atoms with Gasteiger partial charge in [-0.1, -0.05) is 48.5 Å². The number of hydrogen-bond acceptors (Lipinski definition) is 5. The van der Waals surface area contributed by atoms with Crippen LogP contribution in [-0.4, -0.2) is 11.0 Å². The number of esters is 1. The molecule has 5 heteroatoms. The third-order valence-corrected chi connectivity index (χ3v) is 5.24. The molecule has 130 valence electrons. The molecule has 0 aliphatic heterocycles. The fraction of sp³-hybridized carbons (Fsp3) is 0.0455. The molecule has 27 heavy (non-hydrogen) atoms. The van der Waals surface area contributed by atoms with Crippen LogP contribution in [0, 0.1) is 11.3 Å². The molecule has 4 nitrogen and oxygen atoms in total. The molecule has 0 radical (unpaired) electrons. The zero-order valence-electron chi connectivity index (χ0n) is 14.3. The van der Waals surface area contributed by atoms with E-state index in [-0.39, 0.29) is 6.61 Å². The first-order valence-corrected chi connectivity index (χ1v) is 9.18. The maximum absolute atomic E-state index is 12.7. The molecule has 0 saturated heterocycles. The highest BCUT2D eigenvalue weighted by molar-refractivity contribution is 7.21. The summed E-state index contributed by atoms with van der Waals surface area (Å²) in [6.45, 7) is 0.0523. The number of nitriles is 1. The summed E-state index contributed by atoms with van der Waals surface area (Å²) >= 11 is 1.54. The molecule has 0 spiro atoms. The number of rotatable bonds is 4. The van der Waals surface area contributed by atoms with Gasteiger partial charge < -0.3 is 4.74 Å². The van der Waals surface area contributed by atoms with Crippen molar-refractivity contribution in [1.82, 2.24) is 4.98 Å². The van der Waals surface area contributed by atoms with Crippen LogP contribution in [0.15, 0.2) is 72.8 Å². The summed E-state index contributed by atoms with van der Waals surface area (Å²) in [4.78, 5) is 17.3. The van der Waals surface area contributed by atoms with E-state index in [1.54, 1.807) is 41.7 Å². The summed E-state index contributed by atoms with van der Waals surface area (Å²) in [7, 11) is 0. The van der Waals surface area contributed by atoms with Crippen molar-refractivity contribution >= 4 is 27.5 Å². The van der Waals surface area contributed by atoms with Crippen LogP contribution in [-0.2, 0) is 11.3 Å². The summed E-state index contributed by atoms with van der Waals surface area (Å²) in [5.74, 6) is -0.433. The number of hydrogen-bond donors (Lipinski definition) is 0. The van der Waals surface area contributed by atoms with Gasteiger partial charge in [-0.25, -0.2) is 9.78 Å². The van der Waals surface area contributed by atoms with Gasteiger partial charge in [0, 0.05) is 11.1 Å². The lowest BCUT2D eigenvalue weighted by atomic mass is 10.1. The van der Waals surface area contributed by atoms with Crippen molar-refractivity contribution < 1.29 is 9.53 Å². The largest absolute Gasteiger partial charge is 0.457 e. The first kappa shape index (κ1) is 17.0. The molecule has 0 aliphatic rings. The topological polar surface area (TPSA) is 63.0 Å². The average Bonchev–Trinajstić information content (AvgIpc) is 3.16. The van der Waals surface area contributed by atoms with Crippen LogP contribution in [0.4, 0.5) is 0 Å². The first-order valence-electron chi connectivity index (χ1n) is 8.36. The molecule has 1 aromatic heterocycles. The van der Waals surface area contributed by atoms with E-state index in [9.17, 15) is 4.79 Å². The third kappa shape index (κ3) is 3.43. The van der Waals surface area contributed by atoms with Gasteiger partial charge >= 0.3 is 5.97 Å². The minimum absolute atomic E-state index is 0.0523. The molecule has 0 N–H and O–H groups in total. The first-order chi connectivity index (χ1) is 13.3. The number of fused-ring (bicyclic) bond motifs is 1. The maximum atomic E-state index is 12.7. The monoisotopic (exact) mass is 370 g/mol. The zero-order valence-corrected chi connectivity index (χ0v) is 15.1. The zero-order chi connectivity index (χ0) is 18.6. The number of thiazole rings is 1. The van der Waals surface area contributed by atoms with Gasteiger partial charge in [0.15, 0.2) is 0 Å². The highest BCUT2D eigenvalue weighted by Crippen LogP contribution is 2.32. The summed E-state index contributed by atoms with van der Waals surface area (Å²) in [6, 6.07) is 24.4. The van der Waals surface area contributed by atoms with E-state index in [2.05, 4.69) is 11.1 Å². The highest BCUT2D eigenvalue weighted by atomic mass is 32.1. The van der Waals surface area contributed by atoms with E-state index in [1.165, 1.54) is 0 Å². The van der Waals surface area contributed by atoms with Crippen molar-refractivity contribution in [3.63, 3.8) is 0 Å². The SMILES string of the molecule is N#Cc1ccccc1COC(=O)c1ccccc1-c1nc2ccccc2s1. The Morgan fingerprint density at radius 2 is 1.74 bits per heavy atom. The van der Waals surface area contributed by atoms with Crippen LogP contribution < -0.4 is 0 Å². The molecule has 0 aliphatic carbocycles. The van der Waals surface area contributed by atoms with Crippen LogP contribution in [0.5, 0.6) is 0 Å². The number of para-hydroxylation sites is 1. The standard InChI is InChI=1S/C22H14N2O2S/c23-13-15-7-1-2-8-16(15)14-26-22(25)18-10-4-3-9-17(18)21-24-19-11-5-6-12-20(19)27-21/h1-12H,14H2. The van der Waals surface area contributed by atoms with Gasteiger partial charge in [-0.15, -0.1) is 11.3 Å². The van der Waals surface area contributed by atoms with Crippen molar-refractivity contribution in [3.8, 4) is 16.6 Å². The molecule has 3 aromatic carbocycles. The summed E-state index contributed by atoms with van der Waals surface area (Å²) < 4.78 is 6.55. The lowest BCUT2D eigenvalue weighted by Gasteiger charge is -2.09. The Bertz CT molecular complexity index is 1140. The lowest BCUT2D eigenvalue weighted by Crippen LogP contribution is -2.07. The molecular weight excluding hydrogens is 356 g/mol. The van der Waals surface area contributed by atoms with Crippen molar-refractivity contribution in [2.24, 2.45) is 0 Å². The Hall–Kier alpha value is -3.49. The van der Waals surface area contributed by atoms with Crippen molar-refractivity contribution in [1.29, 1.82) is 5.26 Å². The van der Waals surface area contributed by atoms with E-state index in [4.69, 9.17) is 10.00 Å². The number of carbonyl (C=O) groups excluding carboxylic acids is 1. The van der Waals surface area contributed by atoms with Crippen LogP contribution in [0.1, 0.15) is 21.5 Å². The molecular formula is C22H14N2O2S. The Morgan fingerprint density at radius 1 is 1.00 bits per heavy atom. The van der Waals surface area contributed by atoms with Gasteiger partial charge in [-0.3, -0.25) is 0 Å². The summed E-state index contributed by atoms with van der Waals surface area (Å²) in [5, 5.41) is 9.94. The van der Waals surface area contributed by atoms with Crippen LogP contribution >= 0.6 is 11.3 Å². The molecule has 4 aromatic rings. The van der Waals surface area contributed by atoms with Crippen LogP contribution in [0.25, 0.3) is 20.8 Å². The molecule has 1 heterocycles. The number of ether oxygens (including phenoxy) is 1. The fourth-order valence-corrected chi connectivity index (χ4v) is 3.82. The van der Waals surface area contributed by atoms with E-state index >= 15 is 0 Å². The van der Waals surface area contributed by atoms with E-state index < -0.39 is 5.97 Å². The molecule has 0 bridgehead atoms. The fourth-order valence-electron chi connectivity index (χ4n) is 2.81. The second-order valence-electron chi connectivity index (χ2n) is 5.88. The maximum Gasteiger partial charge on any atom is 0.339 e. The van der Waals surface area contributed by atoms with Crippen molar-refractivity contribution in [2.45, 2.75) is 6.61 Å². The van der Waals surface area contributed by atoms with Crippen molar-refractivity contribution in [2.75, 3.05) is 0 Å². The van der Waals surface area contributed by atoms with Gasteiger partial charge in [-0.2, -0.15) is 5.26 Å². The van der Waals surface area contributed by atoms with E-state index in [1.807, 2.05) is 42.5 Å². The summed E-state index contributed by atoms with van der Waals surface area (Å²) in [6.07, 6.45) is 0. The Kier molecular flexibility index (Phi) is 4.65. The minimum atomic E-state index is -0.433. The molecule has 0 unspecified atom stereocenters. The quantitative estimate of drug-likeness (QED) is 0.464. The van der Waals surface area contributed by atoms with E-state index in [0.29, 0.717) is 16.7 Å². The van der Waals surface area contributed by atoms with Gasteiger partial charge in [0.2, 0.25) is 0 Å². The van der Waals surface area contributed by atoms with Gasteiger partial charge in [0.05, 0.1) is 27.4 Å². The lowest BCUT2D eigenvalue weighted by molar-refractivity contribution is 0.0473. The van der Waals surface area contributed by atoms with Crippen molar-refractivity contribution in [3.05, 3.63) is 89.5 Å². The Balaban J connectivity index is 1.62. The van der Waals surface area contributed by atoms with E-state index in [0.717, 1.165) is 20.8 Å². The molecule has 0 saturated carbocycles. The second kappa shape index (κ2) is 7.40. The highest BCUT2D eigenvalue weighted by Gasteiger charge is 2.17. The number of nitrogens with zero attached hydrogens (tertiary/aromatic N) is 2. The van der Waals surface area contributed by atoms with Gasteiger partial charge in [0.1, 0.15) is 11.6 Å². The normalized spacial score (nSPS) is 10.5. The van der Waals surface area contributed by atoms with Crippen LogP contribution in [0.2, 0.25) is 0 Å². The number of aromatic nitrogens is 1. The van der Waals surface area contributed by atoms with Gasteiger partial charge in [-0.05, 0) is 24.3 Å². The summed E-state index contributed by atoms with van der Waals surface area (Å²) in [5.41, 5.74) is 3.31. The third-order valence-electron chi connectivity index (χ3n) is 4.17. The molecule has 0 amide bonds. The molecule has 0 fully saturated rings. The molecule has 4 rings (SSSR count). The van der Waals surface area contributed by atoms with Crippen LogP contribution in [0.3, 0.4) is 0 Å². The smallest absolute Gasteiger partial charge is 0.339 e. The molecule has 0 atom stereocenters. The Labute approximate surface area is 160 Å². The number of carbonyl (C=O) groups is 1. The predicted octanol–water partition coefficient (Wildman–Crippen LogP) is 5.19. The predicted molar refractivity (Wildman–Crippen MR) is 105 cm³/mol. The second-order valence-corrected chi connectivity index (χ2v) is 6.91. The Morgan fingerprint density at radius 3 is 2.59 bits per heavy atom. The average molecular weight is 370 g/mol. The minimum Gasteiger partial charge on any atom is -0.457 e. The van der Waals surface area contributed by atoms with Gasteiger partial charge in [0.25, 0.3) is 0 Å². The number of benzene rings is 3.